The molecule has 8 rings (SSSR count). The number of aromatic carboxylic acids is 1. The molecule has 0 bridgehead atoms. The van der Waals surface area contributed by atoms with Crippen LogP contribution < -0.4 is 5.32 Å². The lowest BCUT2D eigenvalue weighted by Crippen LogP contribution is -2.64. The predicted octanol–water partition coefficient (Wildman–Crippen LogP) is 9.56. The predicted molar refractivity (Wildman–Crippen MR) is 230 cm³/mol. The number of carboxylic acid groups (broad SMARTS) is 1. The minimum atomic E-state index is -3.47. The number of allylic oxidation sites excluding steroid dienone is 3. The van der Waals surface area contributed by atoms with Gasteiger partial charge in [-0.3, -0.25) is 4.90 Å². The Labute approximate surface area is 343 Å². The van der Waals surface area contributed by atoms with Gasteiger partial charge < -0.3 is 10.4 Å². The Balaban J connectivity index is 0.948. The molecule has 57 heavy (non-hydrogen) atoms. The highest BCUT2D eigenvalue weighted by Gasteiger charge is 2.66. The molecule has 2 N–H and O–H groups in total. The van der Waals surface area contributed by atoms with E-state index in [4.69, 9.17) is 0 Å². The van der Waals surface area contributed by atoms with E-state index in [0.29, 0.717) is 58.6 Å². The van der Waals surface area contributed by atoms with E-state index >= 15 is 0 Å². The SMILES string of the molecule is C=C(C)[C@@H]1CC[C@]2(NCCN3CCN(S(=O)(=O)c4ccc(CC)cc4)CC3)CC[C@@H]3[C@H](CC[C@H]4[C@@]3(C)CC[C@H]3C(C)(C)C(c5ccc(C(=O)O)cc5)=CC[C@]43C)[C@@H]12. The average Bonchev–Trinajstić information content (AvgIpc) is 3.58. The van der Waals surface area contributed by atoms with Gasteiger partial charge >= 0.3 is 5.97 Å². The molecule has 4 saturated carbocycles. The van der Waals surface area contributed by atoms with Crippen molar-refractivity contribution in [2.75, 3.05) is 39.3 Å². The van der Waals surface area contributed by atoms with Crippen LogP contribution in [0.15, 0.2) is 71.7 Å². The van der Waals surface area contributed by atoms with Crippen molar-refractivity contribution in [1.82, 2.24) is 14.5 Å². The number of piperazine rings is 1. The molecular formula is C49H69N3O4S. The molecular weight excluding hydrogens is 727 g/mol. The van der Waals surface area contributed by atoms with Gasteiger partial charge in [0.15, 0.2) is 0 Å². The van der Waals surface area contributed by atoms with E-state index in [9.17, 15) is 18.3 Å². The van der Waals surface area contributed by atoms with Gasteiger partial charge in [-0.05, 0) is 164 Å². The van der Waals surface area contributed by atoms with Crippen LogP contribution in [0.1, 0.15) is 121 Å². The molecule has 5 aliphatic carbocycles. The molecule has 1 aliphatic heterocycles. The summed E-state index contributed by atoms with van der Waals surface area (Å²) in [4.78, 5) is 14.5. The van der Waals surface area contributed by atoms with Gasteiger partial charge in [0, 0.05) is 44.8 Å². The van der Waals surface area contributed by atoms with Crippen LogP contribution in [-0.2, 0) is 16.4 Å². The molecule has 1 heterocycles. The first-order chi connectivity index (χ1) is 27.0. The lowest BCUT2D eigenvalue weighted by molar-refractivity contribution is -0.175. The summed E-state index contributed by atoms with van der Waals surface area (Å²) in [5.74, 6) is 3.07. The van der Waals surface area contributed by atoms with Crippen LogP contribution in [0, 0.1) is 51.8 Å². The normalized spacial score (nSPS) is 36.6. The van der Waals surface area contributed by atoms with Crippen molar-refractivity contribution in [1.29, 1.82) is 0 Å². The number of aryl methyl sites for hydroxylation is 1. The second kappa shape index (κ2) is 15.0. The van der Waals surface area contributed by atoms with Gasteiger partial charge in [0.1, 0.15) is 0 Å². The molecule has 8 heteroatoms. The zero-order chi connectivity index (χ0) is 40.5. The van der Waals surface area contributed by atoms with E-state index in [2.05, 4.69) is 64.4 Å². The maximum absolute atomic E-state index is 13.4. The maximum Gasteiger partial charge on any atom is 0.335 e. The first-order valence-corrected chi connectivity index (χ1v) is 23.8. The number of nitrogens with zero attached hydrogens (tertiary/aromatic N) is 2. The Kier molecular flexibility index (Phi) is 10.8. The van der Waals surface area contributed by atoms with E-state index in [-0.39, 0.29) is 16.4 Å². The molecule has 0 aromatic heterocycles. The van der Waals surface area contributed by atoms with E-state index < -0.39 is 16.0 Å². The number of fused-ring (bicyclic) bond motifs is 7. The van der Waals surface area contributed by atoms with Crippen molar-refractivity contribution < 1.29 is 18.3 Å². The van der Waals surface area contributed by atoms with Crippen LogP contribution in [0.4, 0.5) is 0 Å². The van der Waals surface area contributed by atoms with Crippen molar-refractivity contribution in [3.63, 3.8) is 0 Å². The topological polar surface area (TPSA) is 90.0 Å². The molecule has 7 nitrogen and oxygen atoms in total. The Morgan fingerprint density at radius 3 is 2.19 bits per heavy atom. The highest BCUT2D eigenvalue weighted by Crippen LogP contribution is 2.73. The first-order valence-electron chi connectivity index (χ1n) is 22.3. The fourth-order valence-corrected chi connectivity index (χ4v) is 16.1. The fraction of sp³-hybridized carbons (Fsp3) is 0.653. The Morgan fingerprint density at radius 1 is 0.860 bits per heavy atom. The number of nitrogens with one attached hydrogen (secondary N) is 1. The summed E-state index contributed by atoms with van der Waals surface area (Å²) in [7, 11) is -3.47. The van der Waals surface area contributed by atoms with E-state index in [1.165, 1.54) is 68.1 Å². The molecule has 310 valence electrons. The summed E-state index contributed by atoms with van der Waals surface area (Å²) in [6.45, 7) is 23.8. The van der Waals surface area contributed by atoms with Gasteiger partial charge in [-0.2, -0.15) is 4.31 Å². The molecule has 2 aromatic carbocycles. The van der Waals surface area contributed by atoms with Crippen molar-refractivity contribution in [3.8, 4) is 0 Å². The third kappa shape index (κ3) is 6.81. The molecule has 9 atom stereocenters. The van der Waals surface area contributed by atoms with Gasteiger partial charge in [0.25, 0.3) is 0 Å². The van der Waals surface area contributed by atoms with E-state index in [1.54, 1.807) is 28.6 Å². The van der Waals surface area contributed by atoms with Crippen LogP contribution in [-0.4, -0.2) is 73.5 Å². The number of rotatable bonds is 10. The van der Waals surface area contributed by atoms with Gasteiger partial charge in [-0.15, -0.1) is 0 Å². The lowest BCUT2D eigenvalue weighted by atomic mass is 9.36. The van der Waals surface area contributed by atoms with Crippen molar-refractivity contribution in [2.24, 2.45) is 51.8 Å². The van der Waals surface area contributed by atoms with Crippen LogP contribution >= 0.6 is 0 Å². The number of benzene rings is 2. The van der Waals surface area contributed by atoms with Crippen LogP contribution in [0.2, 0.25) is 0 Å². The van der Waals surface area contributed by atoms with Crippen LogP contribution in [0.25, 0.3) is 5.57 Å². The summed E-state index contributed by atoms with van der Waals surface area (Å²) >= 11 is 0. The standard InChI is InChI=1S/C49H69N3O4S/c1-8-34-9-15-37(16-10-34)57(55,56)52-31-29-51(30-32-52)28-27-50-49-25-19-38(33(2)3)44(49)39-17-18-43-47(6,41(39)21-26-49)24-22-42-46(4,5)40(20-23-48(42,43)7)35-11-13-36(14-12-35)45(53)54/h9-16,20,38-39,41-44,50H,2,8,17-19,21-32H2,1,3-7H3,(H,53,54)/t38-,39-,41+,42-,43-,44+,47-,48-,49-/m0/s1. The number of sulfonamides is 1. The highest BCUT2D eigenvalue weighted by atomic mass is 32.2. The minimum absolute atomic E-state index is 0.0136. The summed E-state index contributed by atoms with van der Waals surface area (Å²) in [6.07, 6.45) is 14.7. The average molecular weight is 796 g/mol. The molecule has 1 saturated heterocycles. The lowest BCUT2D eigenvalue weighted by Gasteiger charge is -2.68. The van der Waals surface area contributed by atoms with Gasteiger partial charge in [0.05, 0.1) is 10.5 Å². The summed E-state index contributed by atoms with van der Waals surface area (Å²) < 4.78 is 28.5. The number of hydrogen-bond donors (Lipinski definition) is 2. The summed E-state index contributed by atoms with van der Waals surface area (Å²) in [6, 6.07) is 15.0. The number of carboxylic acids is 1. The smallest absolute Gasteiger partial charge is 0.335 e. The molecule has 6 aliphatic rings. The largest absolute Gasteiger partial charge is 0.478 e. The second-order valence-electron chi connectivity index (χ2n) is 20.3. The third-order valence-corrected chi connectivity index (χ3v) is 19.4. The molecule has 0 spiro atoms. The minimum Gasteiger partial charge on any atom is -0.478 e. The Bertz CT molecular complexity index is 1980. The zero-order valence-corrected chi connectivity index (χ0v) is 36.5. The van der Waals surface area contributed by atoms with Crippen molar-refractivity contribution >= 4 is 21.6 Å². The van der Waals surface area contributed by atoms with E-state index in [1.807, 2.05) is 24.3 Å². The van der Waals surface area contributed by atoms with Crippen molar-refractivity contribution in [2.45, 2.75) is 116 Å². The van der Waals surface area contributed by atoms with Gasteiger partial charge in [-0.1, -0.05) is 77.1 Å². The van der Waals surface area contributed by atoms with Crippen LogP contribution in [0.3, 0.4) is 0 Å². The monoisotopic (exact) mass is 796 g/mol. The molecule has 0 unspecified atom stereocenters. The maximum atomic E-state index is 13.4. The first kappa shape index (κ1) is 41.0. The number of hydrogen-bond acceptors (Lipinski definition) is 5. The van der Waals surface area contributed by atoms with Gasteiger partial charge in [-0.25, -0.2) is 13.2 Å². The number of carbonyl (C=O) groups is 1. The molecule has 2 aromatic rings. The Morgan fingerprint density at radius 2 is 1.54 bits per heavy atom. The fourth-order valence-electron chi connectivity index (χ4n) is 14.7. The molecule has 0 radical (unpaired) electrons. The quantitative estimate of drug-likeness (QED) is 0.233. The summed E-state index contributed by atoms with van der Waals surface area (Å²) in [5, 5.41) is 13.8. The molecule has 5 fully saturated rings. The van der Waals surface area contributed by atoms with Crippen LogP contribution in [0.5, 0.6) is 0 Å². The summed E-state index contributed by atoms with van der Waals surface area (Å²) in [5.41, 5.74) is 6.19. The zero-order valence-electron chi connectivity index (χ0n) is 35.7. The van der Waals surface area contributed by atoms with E-state index in [0.717, 1.165) is 50.5 Å². The second-order valence-corrected chi connectivity index (χ2v) is 22.2. The third-order valence-electron chi connectivity index (χ3n) is 17.4. The Hall–Kier alpha value is -2.78. The molecule has 0 amide bonds. The highest BCUT2D eigenvalue weighted by molar-refractivity contribution is 7.89. The van der Waals surface area contributed by atoms with Gasteiger partial charge in [0.2, 0.25) is 10.0 Å². The van der Waals surface area contributed by atoms with Crippen molar-refractivity contribution in [3.05, 3.63) is 83.4 Å².